The summed E-state index contributed by atoms with van der Waals surface area (Å²) >= 11 is 5.37. The lowest BCUT2D eigenvalue weighted by Gasteiger charge is -2.28. The third-order valence-corrected chi connectivity index (χ3v) is 9.58. The maximum Gasteiger partial charge on any atom is 0.325 e. The van der Waals surface area contributed by atoms with Crippen LogP contribution in [0.1, 0.15) is 12.5 Å². The summed E-state index contributed by atoms with van der Waals surface area (Å²) in [6.07, 6.45) is -4.69. The maximum absolute atomic E-state index is 12.4. The zero-order valence-electron chi connectivity index (χ0n) is 26.8. The first-order chi connectivity index (χ1) is 24.1. The number of aromatic amines is 1. The van der Waals surface area contributed by atoms with Crippen molar-refractivity contribution in [2.24, 2.45) is 0 Å². The molecule has 2 saturated heterocycles. The molecule has 8 N–H and O–H groups in total. The van der Waals surface area contributed by atoms with Gasteiger partial charge in [0.25, 0.3) is 5.56 Å². The van der Waals surface area contributed by atoms with E-state index in [0.717, 1.165) is 0 Å². The summed E-state index contributed by atoms with van der Waals surface area (Å²) in [5.41, 5.74) is 11.9. The highest BCUT2D eigenvalue weighted by Gasteiger charge is 2.51. The number of rotatable bonds is 16. The highest BCUT2D eigenvalue weighted by molar-refractivity contribution is 8.07. The molecule has 0 saturated carbocycles. The number of imidazole rings is 2. The van der Waals surface area contributed by atoms with Crippen LogP contribution in [0.15, 0.2) is 23.8 Å². The molecule has 0 aromatic carbocycles. The summed E-state index contributed by atoms with van der Waals surface area (Å²) in [6.45, 7) is -4.62. The molecular formula is C26H37N10O12PS. The first kappa shape index (κ1) is 36.5. The van der Waals surface area contributed by atoms with Crippen molar-refractivity contribution in [2.75, 3.05) is 65.3 Å². The van der Waals surface area contributed by atoms with Gasteiger partial charge in [-0.05, 0) is 11.8 Å². The second kappa shape index (κ2) is 15.5. The van der Waals surface area contributed by atoms with E-state index < -0.39 is 74.6 Å². The molecule has 274 valence electrons. The number of fused-ring (bicyclic) bond motifs is 2. The monoisotopic (exact) mass is 744 g/mol. The Morgan fingerprint density at radius 3 is 2.26 bits per heavy atom. The van der Waals surface area contributed by atoms with Gasteiger partial charge in [-0.3, -0.25) is 23.4 Å². The van der Waals surface area contributed by atoms with Gasteiger partial charge < -0.3 is 59.5 Å². The van der Waals surface area contributed by atoms with Crippen molar-refractivity contribution in [3.8, 4) is 0 Å². The molecule has 0 spiro atoms. The Labute approximate surface area is 287 Å². The molecule has 22 nitrogen and oxygen atoms in total. The van der Waals surface area contributed by atoms with E-state index in [0.29, 0.717) is 11.2 Å². The summed E-state index contributed by atoms with van der Waals surface area (Å²) in [5, 5.41) is 21.6. The van der Waals surface area contributed by atoms with Gasteiger partial charge >= 0.3 is 6.72 Å². The first-order valence-electron chi connectivity index (χ1n) is 15.2. The summed E-state index contributed by atoms with van der Waals surface area (Å²) in [5.74, 6) is -0.00497. The Kier molecular flexibility index (Phi) is 11.3. The van der Waals surface area contributed by atoms with Gasteiger partial charge in [0.05, 0.1) is 52.3 Å². The predicted octanol–water partition coefficient (Wildman–Crippen LogP) is -2.05. The van der Waals surface area contributed by atoms with Crippen molar-refractivity contribution in [1.29, 1.82) is 0 Å². The number of hydrogen-bond donors (Lipinski definition) is 6. The van der Waals surface area contributed by atoms with E-state index in [1.165, 1.54) is 37.8 Å². The Hall–Kier alpha value is -3.29. The number of nitrogens with one attached hydrogen (secondary N) is 1. The summed E-state index contributed by atoms with van der Waals surface area (Å²) in [7, 11) is 2.99. The van der Waals surface area contributed by atoms with Gasteiger partial charge in [0.1, 0.15) is 48.5 Å². The quantitative estimate of drug-likeness (QED) is 0.0532. The van der Waals surface area contributed by atoms with Gasteiger partial charge in [0.15, 0.2) is 35.1 Å². The van der Waals surface area contributed by atoms with Gasteiger partial charge in [-0.1, -0.05) is 0 Å². The van der Waals surface area contributed by atoms with Gasteiger partial charge in [-0.25, -0.2) is 19.9 Å². The molecule has 0 bridgehead atoms. The molecule has 2 aliphatic heterocycles. The molecule has 2 aliphatic rings. The van der Waals surface area contributed by atoms with Crippen LogP contribution in [0.4, 0.5) is 11.8 Å². The zero-order valence-corrected chi connectivity index (χ0v) is 28.5. The molecule has 2 fully saturated rings. The van der Waals surface area contributed by atoms with Gasteiger partial charge in [0.2, 0.25) is 5.95 Å². The average molecular weight is 745 g/mol. The van der Waals surface area contributed by atoms with Crippen LogP contribution in [0.3, 0.4) is 0 Å². The first-order valence-corrected chi connectivity index (χ1v) is 17.8. The van der Waals surface area contributed by atoms with Crippen molar-refractivity contribution in [2.45, 2.75) is 49.1 Å². The highest BCUT2D eigenvalue weighted by Crippen LogP contribution is 2.50. The van der Waals surface area contributed by atoms with E-state index in [9.17, 15) is 19.9 Å². The molecule has 50 heavy (non-hydrogen) atoms. The smallest absolute Gasteiger partial charge is 0.325 e. The average Bonchev–Trinajstić information content (AvgIpc) is 3.85. The SMILES string of the molecule is COCCOC1C(O)[C@@H](COP(O)(=S)OC2C(OCCOC)[C@H](n3cnc4c(=O)[nH]c(N)nc43)O[C@@H]2CO)O[C@H]1n1cnc2c(N)ncnc21. The van der Waals surface area contributed by atoms with E-state index in [-0.39, 0.29) is 49.4 Å². The van der Waals surface area contributed by atoms with Crippen molar-refractivity contribution in [1.82, 2.24) is 39.0 Å². The fourth-order valence-electron chi connectivity index (χ4n) is 5.72. The third kappa shape index (κ3) is 7.36. The van der Waals surface area contributed by atoms with E-state index in [1.807, 2.05) is 0 Å². The molecule has 9 atom stereocenters. The fourth-order valence-corrected chi connectivity index (χ4v) is 7.16. The number of nitrogens with two attached hydrogens (primary N) is 2. The molecule has 6 rings (SSSR count). The van der Waals surface area contributed by atoms with Crippen LogP contribution in [-0.4, -0.2) is 145 Å². The molecule has 4 aromatic rings. The Balaban J connectivity index is 1.21. The minimum absolute atomic E-state index is 0.0171. The van der Waals surface area contributed by atoms with Crippen LogP contribution in [0, 0.1) is 0 Å². The van der Waals surface area contributed by atoms with Gasteiger partial charge in [0, 0.05) is 14.2 Å². The van der Waals surface area contributed by atoms with E-state index in [2.05, 4.69) is 29.9 Å². The molecule has 6 heterocycles. The molecule has 24 heteroatoms. The van der Waals surface area contributed by atoms with Crippen LogP contribution in [0.5, 0.6) is 0 Å². The standard InChI is InChI=1S/C26H37N10O12PS/c1-41-3-5-43-18-16(38)13(47-24(18)35-10-31-14-20(27)29-9-30-21(14)35)8-45-49(40,50)48-17-12(7-37)46-25(19(17)44-6-4-42-2)36-11-32-15-22(36)33-26(28)34-23(15)39/h9-13,16-19,24-25,37-38H,3-8H2,1-2H3,(H,40,50)(H2,27,29,30)(H3,28,33,34,39)/t12-,13-,16?,17?,18?,19?,24-,25-,49?/m1/s1. The van der Waals surface area contributed by atoms with Crippen molar-refractivity contribution >= 4 is 52.6 Å². The third-order valence-electron chi connectivity index (χ3n) is 8.02. The number of H-pyrrole nitrogens is 1. The van der Waals surface area contributed by atoms with Gasteiger partial charge in [-0.2, -0.15) is 4.98 Å². The van der Waals surface area contributed by atoms with Gasteiger partial charge in [-0.15, -0.1) is 0 Å². The minimum atomic E-state index is -4.18. The zero-order chi connectivity index (χ0) is 35.6. The summed E-state index contributed by atoms with van der Waals surface area (Å²) < 4.78 is 49.0. The number of aliphatic hydroxyl groups is 2. The molecule has 0 radical (unpaired) electrons. The number of methoxy groups -OCH3 is 2. The fraction of sp³-hybridized carbons (Fsp3) is 0.615. The van der Waals surface area contributed by atoms with Crippen LogP contribution >= 0.6 is 6.72 Å². The Morgan fingerprint density at radius 2 is 1.56 bits per heavy atom. The minimum Gasteiger partial charge on any atom is -0.394 e. The number of aromatic nitrogens is 8. The lowest BCUT2D eigenvalue weighted by molar-refractivity contribution is -0.0801. The summed E-state index contributed by atoms with van der Waals surface area (Å²) in [6, 6.07) is 0. The predicted molar refractivity (Wildman–Crippen MR) is 174 cm³/mol. The molecule has 0 aliphatic carbocycles. The number of hydrogen-bond acceptors (Lipinski definition) is 19. The van der Waals surface area contributed by atoms with Crippen molar-refractivity contribution in [3.05, 3.63) is 29.3 Å². The van der Waals surface area contributed by atoms with E-state index >= 15 is 0 Å². The lowest BCUT2D eigenvalue weighted by Crippen LogP contribution is -2.39. The van der Waals surface area contributed by atoms with Crippen molar-refractivity contribution < 1.29 is 52.6 Å². The Bertz CT molecular complexity index is 1880. The van der Waals surface area contributed by atoms with Crippen molar-refractivity contribution in [3.63, 3.8) is 0 Å². The topological polar surface area (TPSA) is 294 Å². The molecule has 4 aromatic heterocycles. The Morgan fingerprint density at radius 1 is 0.920 bits per heavy atom. The second-order valence-corrected chi connectivity index (χ2v) is 13.9. The maximum atomic E-state index is 12.4. The van der Waals surface area contributed by atoms with Crippen LogP contribution in [0.2, 0.25) is 0 Å². The summed E-state index contributed by atoms with van der Waals surface area (Å²) in [4.78, 5) is 46.8. The van der Waals surface area contributed by atoms with Crippen LogP contribution in [-0.2, 0) is 49.3 Å². The largest absolute Gasteiger partial charge is 0.394 e. The van der Waals surface area contributed by atoms with E-state index in [1.54, 1.807) is 4.57 Å². The molecular weight excluding hydrogens is 707 g/mol. The second-order valence-electron chi connectivity index (χ2n) is 11.2. The highest BCUT2D eigenvalue weighted by atomic mass is 32.5. The van der Waals surface area contributed by atoms with E-state index in [4.69, 9.17) is 60.7 Å². The van der Waals surface area contributed by atoms with Crippen LogP contribution in [0.25, 0.3) is 22.3 Å². The lowest BCUT2D eigenvalue weighted by atomic mass is 10.1. The van der Waals surface area contributed by atoms with Crippen LogP contribution < -0.4 is 17.0 Å². The normalized spacial score (nSPS) is 28.2. The molecule has 0 amide bonds. The number of nitrogens with zero attached hydrogens (tertiary/aromatic N) is 7. The molecule has 5 unspecified atom stereocenters. The number of aliphatic hydroxyl groups excluding tert-OH is 2. The number of ether oxygens (including phenoxy) is 6. The number of nitrogen functional groups attached to an aromatic ring is 2. The number of anilines is 2.